The number of carbonyl (C=O) groups excluding carboxylic acids is 1. The van der Waals surface area contributed by atoms with Gasteiger partial charge in [-0.2, -0.15) is 0 Å². The van der Waals surface area contributed by atoms with E-state index < -0.39 is 0 Å². The van der Waals surface area contributed by atoms with E-state index >= 15 is 0 Å². The summed E-state index contributed by atoms with van der Waals surface area (Å²) >= 11 is 0. The molecule has 3 rings (SSSR count). The fourth-order valence-electron chi connectivity index (χ4n) is 2.79. The Bertz CT molecular complexity index is 793. The summed E-state index contributed by atoms with van der Waals surface area (Å²) in [6, 6.07) is 9.82. The van der Waals surface area contributed by atoms with Gasteiger partial charge in [-0.1, -0.05) is 24.3 Å². The SMILES string of the molecule is Cc1c[nH]c(=O)c(CNC(=O)NC(C)c2cccc(C3CC3)c2)c1. The van der Waals surface area contributed by atoms with Gasteiger partial charge in [-0.05, 0) is 55.4 Å². The highest BCUT2D eigenvalue weighted by Gasteiger charge is 2.23. The van der Waals surface area contributed by atoms with E-state index in [0.29, 0.717) is 11.5 Å². The molecule has 1 saturated carbocycles. The van der Waals surface area contributed by atoms with E-state index in [0.717, 1.165) is 11.1 Å². The zero-order valence-electron chi connectivity index (χ0n) is 14.1. The van der Waals surface area contributed by atoms with Crippen molar-refractivity contribution in [3.8, 4) is 0 Å². The van der Waals surface area contributed by atoms with Crippen LogP contribution in [0.1, 0.15) is 54.0 Å². The lowest BCUT2D eigenvalue weighted by Gasteiger charge is -2.16. The molecule has 1 aliphatic rings. The van der Waals surface area contributed by atoms with Crippen LogP contribution in [0.4, 0.5) is 4.79 Å². The topological polar surface area (TPSA) is 74.0 Å². The van der Waals surface area contributed by atoms with E-state index in [1.54, 1.807) is 12.3 Å². The van der Waals surface area contributed by atoms with E-state index in [9.17, 15) is 9.59 Å². The summed E-state index contributed by atoms with van der Waals surface area (Å²) in [4.78, 5) is 26.5. The number of aromatic nitrogens is 1. The van der Waals surface area contributed by atoms with Crippen LogP contribution in [0.15, 0.2) is 41.3 Å². The Morgan fingerprint density at radius 1 is 1.33 bits per heavy atom. The molecule has 1 aromatic heterocycles. The molecular weight excluding hydrogens is 302 g/mol. The number of hydrogen-bond acceptors (Lipinski definition) is 2. The Balaban J connectivity index is 1.57. The van der Waals surface area contributed by atoms with Crippen molar-refractivity contribution in [1.29, 1.82) is 0 Å². The molecule has 0 aliphatic heterocycles. The summed E-state index contributed by atoms with van der Waals surface area (Å²) in [7, 11) is 0. The third-order valence-corrected chi connectivity index (χ3v) is 4.37. The van der Waals surface area contributed by atoms with Crippen molar-refractivity contribution in [3.63, 3.8) is 0 Å². The second-order valence-electron chi connectivity index (χ2n) is 6.52. The number of benzene rings is 1. The Labute approximate surface area is 141 Å². The van der Waals surface area contributed by atoms with Crippen molar-refractivity contribution in [3.05, 3.63) is 69.1 Å². The van der Waals surface area contributed by atoms with Gasteiger partial charge in [0.2, 0.25) is 0 Å². The smallest absolute Gasteiger partial charge is 0.315 e. The first kappa shape index (κ1) is 16.3. The standard InChI is InChI=1S/C19H23N3O2/c1-12-8-17(18(23)20-10-12)11-21-19(24)22-13(2)15-4-3-5-16(9-15)14-6-7-14/h3-5,8-10,13-14H,6-7,11H2,1-2H3,(H,20,23)(H2,21,22,24). The van der Waals surface area contributed by atoms with Crippen LogP contribution in [0.25, 0.3) is 0 Å². The minimum absolute atomic E-state index is 0.0838. The first-order valence-corrected chi connectivity index (χ1v) is 8.35. The lowest BCUT2D eigenvalue weighted by Crippen LogP contribution is -2.37. The minimum Gasteiger partial charge on any atom is -0.334 e. The molecule has 1 heterocycles. The number of nitrogens with one attached hydrogen (secondary N) is 3. The van der Waals surface area contributed by atoms with Crippen molar-refractivity contribution < 1.29 is 4.79 Å². The molecule has 2 aromatic rings. The summed E-state index contributed by atoms with van der Waals surface area (Å²) in [6.07, 6.45) is 4.18. The Morgan fingerprint density at radius 3 is 2.88 bits per heavy atom. The molecule has 0 saturated heterocycles. The van der Waals surface area contributed by atoms with Crippen LogP contribution in [-0.2, 0) is 6.54 Å². The number of aryl methyl sites for hydroxylation is 1. The van der Waals surface area contributed by atoms with Gasteiger partial charge in [0.05, 0.1) is 6.04 Å². The second-order valence-corrected chi connectivity index (χ2v) is 6.52. The van der Waals surface area contributed by atoms with Gasteiger partial charge in [0, 0.05) is 18.3 Å². The Kier molecular flexibility index (Phi) is 4.69. The third-order valence-electron chi connectivity index (χ3n) is 4.37. The molecular formula is C19H23N3O2. The molecule has 0 spiro atoms. The Morgan fingerprint density at radius 2 is 2.12 bits per heavy atom. The van der Waals surface area contributed by atoms with Crippen LogP contribution in [-0.4, -0.2) is 11.0 Å². The summed E-state index contributed by atoms with van der Waals surface area (Å²) in [5, 5.41) is 5.67. The molecule has 3 N–H and O–H groups in total. The molecule has 0 radical (unpaired) electrons. The van der Waals surface area contributed by atoms with Gasteiger partial charge in [-0.3, -0.25) is 4.79 Å². The van der Waals surface area contributed by atoms with Gasteiger partial charge in [-0.15, -0.1) is 0 Å². The lowest BCUT2D eigenvalue weighted by atomic mass is 10.0. The van der Waals surface area contributed by atoms with Crippen LogP contribution in [0.5, 0.6) is 0 Å². The maximum Gasteiger partial charge on any atom is 0.315 e. The quantitative estimate of drug-likeness (QED) is 0.790. The largest absolute Gasteiger partial charge is 0.334 e. The number of pyridine rings is 1. The molecule has 1 aromatic carbocycles. The second kappa shape index (κ2) is 6.91. The van der Waals surface area contributed by atoms with Crippen LogP contribution < -0.4 is 16.2 Å². The van der Waals surface area contributed by atoms with E-state index in [-0.39, 0.29) is 24.2 Å². The first-order valence-electron chi connectivity index (χ1n) is 8.35. The third kappa shape index (κ3) is 4.04. The first-order chi connectivity index (χ1) is 11.5. The van der Waals surface area contributed by atoms with Crippen molar-refractivity contribution in [1.82, 2.24) is 15.6 Å². The molecule has 2 amide bonds. The molecule has 24 heavy (non-hydrogen) atoms. The predicted octanol–water partition coefficient (Wildman–Crippen LogP) is 3.12. The minimum atomic E-state index is -0.278. The molecule has 1 fully saturated rings. The number of carbonyl (C=O) groups is 1. The van der Waals surface area contributed by atoms with Gasteiger partial charge in [-0.25, -0.2) is 4.79 Å². The highest BCUT2D eigenvalue weighted by molar-refractivity contribution is 5.74. The number of rotatable bonds is 5. The number of amides is 2. The molecule has 126 valence electrons. The van der Waals surface area contributed by atoms with Gasteiger partial charge in [0.1, 0.15) is 0 Å². The maximum atomic E-state index is 12.1. The van der Waals surface area contributed by atoms with Crippen molar-refractivity contribution in [2.75, 3.05) is 0 Å². The molecule has 1 aliphatic carbocycles. The summed E-state index contributed by atoms with van der Waals surface area (Å²) < 4.78 is 0. The number of hydrogen-bond donors (Lipinski definition) is 3. The van der Waals surface area contributed by atoms with Gasteiger partial charge in [0.25, 0.3) is 5.56 Å². The van der Waals surface area contributed by atoms with Gasteiger partial charge in [0.15, 0.2) is 0 Å². The Hall–Kier alpha value is -2.56. The normalized spacial score (nSPS) is 14.9. The zero-order valence-corrected chi connectivity index (χ0v) is 14.1. The molecule has 5 heteroatoms. The summed E-state index contributed by atoms with van der Waals surface area (Å²) in [6.45, 7) is 4.07. The number of H-pyrrole nitrogens is 1. The van der Waals surface area contributed by atoms with Crippen LogP contribution >= 0.6 is 0 Å². The highest BCUT2D eigenvalue weighted by Crippen LogP contribution is 2.40. The monoisotopic (exact) mass is 325 g/mol. The fraction of sp³-hybridized carbons (Fsp3) is 0.368. The average Bonchev–Trinajstić information content (AvgIpc) is 3.41. The molecule has 1 atom stereocenters. The lowest BCUT2D eigenvalue weighted by molar-refractivity contribution is 0.237. The van der Waals surface area contributed by atoms with E-state index in [2.05, 4.69) is 27.8 Å². The van der Waals surface area contributed by atoms with E-state index in [1.165, 1.54) is 18.4 Å². The average molecular weight is 325 g/mol. The van der Waals surface area contributed by atoms with Crippen molar-refractivity contribution in [2.24, 2.45) is 0 Å². The molecule has 1 unspecified atom stereocenters. The van der Waals surface area contributed by atoms with Gasteiger partial charge >= 0.3 is 6.03 Å². The van der Waals surface area contributed by atoms with Crippen LogP contribution in [0.2, 0.25) is 0 Å². The van der Waals surface area contributed by atoms with Crippen LogP contribution in [0, 0.1) is 6.92 Å². The van der Waals surface area contributed by atoms with Crippen molar-refractivity contribution >= 4 is 6.03 Å². The maximum absolute atomic E-state index is 12.1. The van der Waals surface area contributed by atoms with E-state index in [1.807, 2.05) is 26.0 Å². The van der Waals surface area contributed by atoms with Crippen LogP contribution in [0.3, 0.4) is 0 Å². The van der Waals surface area contributed by atoms with Gasteiger partial charge < -0.3 is 15.6 Å². The highest BCUT2D eigenvalue weighted by atomic mass is 16.2. The number of urea groups is 1. The fourth-order valence-corrected chi connectivity index (χ4v) is 2.79. The predicted molar refractivity (Wildman–Crippen MR) is 94.0 cm³/mol. The molecule has 5 nitrogen and oxygen atoms in total. The number of aromatic amines is 1. The zero-order chi connectivity index (χ0) is 17.1. The summed E-state index contributed by atoms with van der Waals surface area (Å²) in [5.41, 5.74) is 3.78. The molecule has 0 bridgehead atoms. The van der Waals surface area contributed by atoms with Crippen molar-refractivity contribution in [2.45, 2.75) is 45.2 Å². The van der Waals surface area contributed by atoms with E-state index in [4.69, 9.17) is 0 Å². The summed E-state index contributed by atoms with van der Waals surface area (Å²) in [5.74, 6) is 0.694.